The molecule has 2 rings (SSSR count). The molecule has 106 valence electrons. The lowest BCUT2D eigenvalue weighted by atomic mass is 9.98. The Morgan fingerprint density at radius 1 is 1.42 bits per heavy atom. The topological polar surface area (TPSA) is 83.0 Å². The maximum atomic E-state index is 12.0. The maximum Gasteiger partial charge on any atom is 0.363 e. The molecule has 1 fully saturated rings. The van der Waals surface area contributed by atoms with E-state index in [1.807, 2.05) is 0 Å². The molecule has 6 nitrogen and oxygen atoms in total. The lowest BCUT2D eigenvalue weighted by Crippen LogP contribution is -2.22. The van der Waals surface area contributed by atoms with Crippen LogP contribution in [0.5, 0.6) is 0 Å². The van der Waals surface area contributed by atoms with Gasteiger partial charge in [-0.1, -0.05) is 25.5 Å². The number of esters is 1. The number of carbonyl (C=O) groups excluding carboxylic acids is 1. The van der Waals surface area contributed by atoms with Gasteiger partial charge in [-0.2, -0.15) is 0 Å². The molecule has 0 atom stereocenters. The zero-order valence-corrected chi connectivity index (χ0v) is 11.6. The van der Waals surface area contributed by atoms with Gasteiger partial charge in [-0.15, -0.1) is 5.10 Å². The lowest BCUT2D eigenvalue weighted by Gasteiger charge is -2.21. The highest BCUT2D eigenvalue weighted by Crippen LogP contribution is 2.22. The molecule has 0 saturated heterocycles. The van der Waals surface area contributed by atoms with Crippen LogP contribution in [-0.2, 0) is 11.3 Å². The first-order valence-electron chi connectivity index (χ1n) is 6.98. The number of nitrogens with zero attached hydrogens (tertiary/aromatic N) is 3. The lowest BCUT2D eigenvalue weighted by molar-refractivity contribution is 0.0205. The second-order valence-electron chi connectivity index (χ2n) is 5.56. The van der Waals surface area contributed by atoms with E-state index in [1.165, 1.54) is 6.42 Å². The molecule has 0 radical (unpaired) electrons. The molecule has 0 bridgehead atoms. The van der Waals surface area contributed by atoms with Crippen molar-refractivity contribution in [2.45, 2.75) is 58.6 Å². The molecule has 2 N–H and O–H groups in total. The molecule has 0 aromatic carbocycles. The first-order chi connectivity index (χ1) is 9.08. The third-order valence-corrected chi connectivity index (χ3v) is 3.33. The molecule has 0 spiro atoms. The van der Waals surface area contributed by atoms with E-state index in [9.17, 15) is 4.79 Å². The summed E-state index contributed by atoms with van der Waals surface area (Å²) in [6.45, 7) is 4.76. The monoisotopic (exact) mass is 266 g/mol. The molecule has 1 aliphatic rings. The Hall–Kier alpha value is -1.59. The van der Waals surface area contributed by atoms with Gasteiger partial charge in [0.15, 0.2) is 5.82 Å². The van der Waals surface area contributed by atoms with Crippen molar-refractivity contribution in [3.63, 3.8) is 0 Å². The summed E-state index contributed by atoms with van der Waals surface area (Å²) in [5.74, 6) is 0.250. The number of nitrogens with two attached hydrogens (primary N) is 1. The number of aromatic nitrogens is 3. The van der Waals surface area contributed by atoms with Gasteiger partial charge >= 0.3 is 5.97 Å². The van der Waals surface area contributed by atoms with Gasteiger partial charge in [-0.25, -0.2) is 9.48 Å². The first kappa shape index (κ1) is 13.8. The van der Waals surface area contributed by atoms with Crippen molar-refractivity contribution in [2.75, 3.05) is 5.73 Å². The van der Waals surface area contributed by atoms with Crippen LogP contribution in [0.4, 0.5) is 5.82 Å². The van der Waals surface area contributed by atoms with Gasteiger partial charge in [0.25, 0.3) is 0 Å². The van der Waals surface area contributed by atoms with Crippen LogP contribution in [0.1, 0.15) is 56.4 Å². The molecule has 0 unspecified atom stereocenters. The summed E-state index contributed by atoms with van der Waals surface area (Å²) in [4.78, 5) is 12.0. The van der Waals surface area contributed by atoms with E-state index in [2.05, 4.69) is 24.2 Å². The Morgan fingerprint density at radius 2 is 2.11 bits per heavy atom. The second kappa shape index (κ2) is 6.04. The van der Waals surface area contributed by atoms with Crippen LogP contribution < -0.4 is 5.73 Å². The molecule has 19 heavy (non-hydrogen) atoms. The minimum Gasteiger partial charge on any atom is -0.458 e. The van der Waals surface area contributed by atoms with Gasteiger partial charge in [0.1, 0.15) is 6.10 Å². The van der Waals surface area contributed by atoms with E-state index < -0.39 is 5.97 Å². The molecule has 1 saturated carbocycles. The van der Waals surface area contributed by atoms with E-state index in [1.54, 1.807) is 4.68 Å². The van der Waals surface area contributed by atoms with Gasteiger partial charge in [-0.3, -0.25) is 0 Å². The zero-order valence-electron chi connectivity index (χ0n) is 11.6. The van der Waals surface area contributed by atoms with Crippen LogP contribution in [0.25, 0.3) is 0 Å². The summed E-state index contributed by atoms with van der Waals surface area (Å²) in [5.41, 5.74) is 6.04. The largest absolute Gasteiger partial charge is 0.458 e. The average Bonchev–Trinajstić information content (AvgIpc) is 2.72. The first-order valence-corrected chi connectivity index (χ1v) is 6.98. The van der Waals surface area contributed by atoms with Crippen molar-refractivity contribution >= 4 is 11.8 Å². The van der Waals surface area contributed by atoms with Crippen LogP contribution in [0.3, 0.4) is 0 Å². The highest BCUT2D eigenvalue weighted by Gasteiger charge is 2.24. The highest BCUT2D eigenvalue weighted by molar-refractivity contribution is 5.91. The van der Waals surface area contributed by atoms with Crippen molar-refractivity contribution in [1.29, 1.82) is 0 Å². The summed E-state index contributed by atoms with van der Waals surface area (Å²) >= 11 is 0. The molecular weight excluding hydrogens is 244 g/mol. The van der Waals surface area contributed by atoms with E-state index in [-0.39, 0.29) is 11.8 Å². The van der Waals surface area contributed by atoms with Crippen molar-refractivity contribution in [2.24, 2.45) is 5.92 Å². The third-order valence-electron chi connectivity index (χ3n) is 3.33. The SMILES string of the molecule is CC(C)Cn1nnc(C(=O)OC2CCCCC2)c1N. The maximum absolute atomic E-state index is 12.0. The fourth-order valence-corrected chi connectivity index (χ4v) is 2.34. The molecule has 6 heteroatoms. The number of hydrogen-bond acceptors (Lipinski definition) is 5. The van der Waals surface area contributed by atoms with Gasteiger partial charge in [-0.05, 0) is 31.6 Å². The summed E-state index contributed by atoms with van der Waals surface area (Å²) in [7, 11) is 0. The number of nitrogen functional groups attached to an aromatic ring is 1. The number of hydrogen-bond donors (Lipinski definition) is 1. The molecule has 1 aromatic rings. The second-order valence-corrected chi connectivity index (χ2v) is 5.56. The Bertz CT molecular complexity index is 436. The molecule has 0 amide bonds. The van der Waals surface area contributed by atoms with Crippen molar-refractivity contribution < 1.29 is 9.53 Å². The Morgan fingerprint density at radius 3 is 2.74 bits per heavy atom. The molecule has 1 aliphatic carbocycles. The van der Waals surface area contributed by atoms with Gasteiger partial charge < -0.3 is 10.5 Å². The van der Waals surface area contributed by atoms with Crippen LogP contribution in [0.15, 0.2) is 0 Å². The fraction of sp³-hybridized carbons (Fsp3) is 0.769. The minimum absolute atomic E-state index is 0.0101. The summed E-state index contributed by atoms with van der Waals surface area (Å²) < 4.78 is 7.00. The highest BCUT2D eigenvalue weighted by atomic mass is 16.5. The van der Waals surface area contributed by atoms with Crippen molar-refractivity contribution in [1.82, 2.24) is 15.0 Å². The molecular formula is C13H22N4O2. The average molecular weight is 266 g/mol. The Kier molecular flexibility index (Phi) is 4.39. The normalized spacial score (nSPS) is 16.8. The predicted octanol–water partition coefficient (Wildman–Crippen LogP) is 2.01. The quantitative estimate of drug-likeness (QED) is 0.843. The molecule has 1 aromatic heterocycles. The van der Waals surface area contributed by atoms with E-state index in [4.69, 9.17) is 10.5 Å². The van der Waals surface area contributed by atoms with Crippen LogP contribution >= 0.6 is 0 Å². The van der Waals surface area contributed by atoms with Gasteiger partial charge in [0.2, 0.25) is 5.69 Å². The standard InChI is InChI=1S/C13H22N4O2/c1-9(2)8-17-12(14)11(15-16-17)13(18)19-10-6-4-3-5-7-10/h9-10H,3-8,14H2,1-2H3. The predicted molar refractivity (Wildman–Crippen MR) is 71.6 cm³/mol. The zero-order chi connectivity index (χ0) is 13.8. The summed E-state index contributed by atoms with van der Waals surface area (Å²) in [6, 6.07) is 0. The van der Waals surface area contributed by atoms with E-state index in [0.717, 1.165) is 25.7 Å². The fourth-order valence-electron chi connectivity index (χ4n) is 2.34. The van der Waals surface area contributed by atoms with Crippen LogP contribution in [0, 0.1) is 5.92 Å². The van der Waals surface area contributed by atoms with E-state index in [0.29, 0.717) is 18.3 Å². The number of anilines is 1. The van der Waals surface area contributed by atoms with Crippen molar-refractivity contribution in [3.8, 4) is 0 Å². The van der Waals surface area contributed by atoms with Gasteiger partial charge in [0, 0.05) is 6.54 Å². The number of rotatable bonds is 4. The Balaban J connectivity index is 2.00. The van der Waals surface area contributed by atoms with Crippen molar-refractivity contribution in [3.05, 3.63) is 5.69 Å². The summed E-state index contributed by atoms with van der Waals surface area (Å²) in [6.07, 6.45) is 5.34. The van der Waals surface area contributed by atoms with Gasteiger partial charge in [0.05, 0.1) is 0 Å². The number of ether oxygens (including phenoxy) is 1. The summed E-state index contributed by atoms with van der Waals surface area (Å²) in [5, 5.41) is 7.76. The smallest absolute Gasteiger partial charge is 0.363 e. The molecule has 1 heterocycles. The minimum atomic E-state index is -0.445. The molecule has 0 aliphatic heterocycles. The van der Waals surface area contributed by atoms with Crippen LogP contribution in [-0.4, -0.2) is 27.1 Å². The third kappa shape index (κ3) is 3.45. The Labute approximate surface area is 113 Å². The number of carbonyl (C=O) groups is 1. The van der Waals surface area contributed by atoms with E-state index >= 15 is 0 Å². The van der Waals surface area contributed by atoms with Crippen LogP contribution in [0.2, 0.25) is 0 Å².